The van der Waals surface area contributed by atoms with E-state index in [1.54, 1.807) is 11.3 Å². The molecule has 1 fully saturated rings. The van der Waals surface area contributed by atoms with Crippen molar-refractivity contribution >= 4 is 17.2 Å². The first kappa shape index (κ1) is 12.6. The molecule has 0 aliphatic carbocycles. The second kappa shape index (κ2) is 5.65. The second-order valence-electron chi connectivity index (χ2n) is 4.80. The van der Waals surface area contributed by atoms with Crippen LogP contribution in [0, 0.1) is 0 Å². The van der Waals surface area contributed by atoms with Crippen molar-refractivity contribution in [3.63, 3.8) is 0 Å². The van der Waals surface area contributed by atoms with E-state index in [-0.39, 0.29) is 11.9 Å². The number of likely N-dealkylation sites (tertiary alicyclic amines) is 1. The quantitative estimate of drug-likeness (QED) is 0.894. The van der Waals surface area contributed by atoms with Crippen LogP contribution in [0.5, 0.6) is 0 Å². The van der Waals surface area contributed by atoms with E-state index in [4.69, 9.17) is 5.73 Å². The summed E-state index contributed by atoms with van der Waals surface area (Å²) in [6, 6.07) is 4.70. The zero-order chi connectivity index (χ0) is 12.3. The summed E-state index contributed by atoms with van der Waals surface area (Å²) in [7, 11) is 0. The van der Waals surface area contributed by atoms with Gasteiger partial charge in [0.2, 0.25) is 5.91 Å². The summed E-state index contributed by atoms with van der Waals surface area (Å²) in [5.41, 5.74) is 5.90. The van der Waals surface area contributed by atoms with Crippen LogP contribution in [0.4, 0.5) is 0 Å². The topological polar surface area (TPSA) is 46.3 Å². The van der Waals surface area contributed by atoms with Gasteiger partial charge in [0.1, 0.15) is 0 Å². The SMILES string of the molecule is C[C@H]1C[C@@H](N)CCN1C(=O)CCc1cccs1. The van der Waals surface area contributed by atoms with E-state index in [1.165, 1.54) is 4.88 Å². The van der Waals surface area contributed by atoms with Crippen molar-refractivity contribution in [1.82, 2.24) is 4.90 Å². The summed E-state index contributed by atoms with van der Waals surface area (Å²) in [6.07, 6.45) is 3.37. The fourth-order valence-electron chi connectivity index (χ4n) is 2.41. The van der Waals surface area contributed by atoms with Crippen molar-refractivity contribution in [2.24, 2.45) is 5.73 Å². The van der Waals surface area contributed by atoms with Gasteiger partial charge >= 0.3 is 0 Å². The predicted octanol–water partition coefficient (Wildman–Crippen LogP) is 2.02. The molecule has 3 nitrogen and oxygen atoms in total. The predicted molar refractivity (Wildman–Crippen MR) is 71.0 cm³/mol. The van der Waals surface area contributed by atoms with Crippen molar-refractivity contribution in [3.8, 4) is 0 Å². The molecule has 1 aliphatic rings. The maximum Gasteiger partial charge on any atom is 0.223 e. The van der Waals surface area contributed by atoms with Crippen LogP contribution in [0.3, 0.4) is 0 Å². The lowest BCUT2D eigenvalue weighted by atomic mass is 9.98. The highest BCUT2D eigenvalue weighted by Gasteiger charge is 2.26. The van der Waals surface area contributed by atoms with Crippen molar-refractivity contribution < 1.29 is 4.79 Å². The lowest BCUT2D eigenvalue weighted by molar-refractivity contribution is -0.134. The van der Waals surface area contributed by atoms with Gasteiger partial charge in [-0.2, -0.15) is 0 Å². The third-order valence-corrected chi connectivity index (χ3v) is 4.34. The number of thiophene rings is 1. The van der Waals surface area contributed by atoms with Crippen molar-refractivity contribution in [2.75, 3.05) is 6.54 Å². The average molecular weight is 252 g/mol. The maximum atomic E-state index is 12.1. The third kappa shape index (κ3) is 3.30. The van der Waals surface area contributed by atoms with E-state index in [1.807, 2.05) is 11.0 Å². The summed E-state index contributed by atoms with van der Waals surface area (Å²) in [6.45, 7) is 2.92. The minimum Gasteiger partial charge on any atom is -0.340 e. The molecule has 2 rings (SSSR count). The minimum atomic E-state index is 0.270. The van der Waals surface area contributed by atoms with Crippen LogP contribution >= 0.6 is 11.3 Å². The van der Waals surface area contributed by atoms with Gasteiger partial charge in [0, 0.05) is 29.9 Å². The summed E-state index contributed by atoms with van der Waals surface area (Å²) < 4.78 is 0. The monoisotopic (exact) mass is 252 g/mol. The highest BCUT2D eigenvalue weighted by Crippen LogP contribution is 2.18. The number of hydrogen-bond acceptors (Lipinski definition) is 3. The van der Waals surface area contributed by atoms with E-state index < -0.39 is 0 Å². The molecule has 94 valence electrons. The van der Waals surface area contributed by atoms with E-state index in [0.717, 1.165) is 25.8 Å². The standard InChI is InChI=1S/C13H20N2OS/c1-10-9-11(14)6-7-15(10)13(16)5-4-12-3-2-8-17-12/h2-3,8,10-11H,4-7,9,14H2,1H3/t10-,11-/m0/s1. The Kier molecular flexibility index (Phi) is 4.18. The van der Waals surface area contributed by atoms with Crippen LogP contribution in [0.1, 0.15) is 31.1 Å². The van der Waals surface area contributed by atoms with E-state index >= 15 is 0 Å². The molecule has 0 spiro atoms. The molecule has 0 bridgehead atoms. The van der Waals surface area contributed by atoms with Gasteiger partial charge in [0.25, 0.3) is 0 Å². The molecule has 1 aromatic rings. The largest absolute Gasteiger partial charge is 0.340 e. The number of amides is 1. The second-order valence-corrected chi connectivity index (χ2v) is 5.83. The van der Waals surface area contributed by atoms with Gasteiger partial charge in [-0.25, -0.2) is 0 Å². The number of aryl methyl sites for hydroxylation is 1. The normalized spacial score (nSPS) is 24.9. The van der Waals surface area contributed by atoms with E-state index in [9.17, 15) is 4.79 Å². The zero-order valence-corrected chi connectivity index (χ0v) is 11.1. The Bertz CT molecular complexity index is 364. The molecule has 2 heterocycles. The minimum absolute atomic E-state index is 0.270. The molecule has 4 heteroatoms. The fraction of sp³-hybridized carbons (Fsp3) is 0.615. The lowest BCUT2D eigenvalue weighted by Gasteiger charge is -2.36. The smallest absolute Gasteiger partial charge is 0.223 e. The lowest BCUT2D eigenvalue weighted by Crippen LogP contribution is -2.48. The first-order valence-corrected chi connectivity index (χ1v) is 7.12. The Balaban J connectivity index is 1.83. The van der Waals surface area contributed by atoms with E-state index in [0.29, 0.717) is 12.5 Å². The van der Waals surface area contributed by atoms with Crippen LogP contribution in [0.25, 0.3) is 0 Å². The van der Waals surface area contributed by atoms with Crippen LogP contribution in [0.15, 0.2) is 17.5 Å². The molecule has 2 N–H and O–H groups in total. The average Bonchev–Trinajstić information content (AvgIpc) is 2.78. The summed E-state index contributed by atoms with van der Waals surface area (Å²) >= 11 is 1.72. The first-order chi connectivity index (χ1) is 8.16. The fourth-order valence-corrected chi connectivity index (χ4v) is 3.12. The van der Waals surface area contributed by atoms with Crippen LogP contribution in [-0.2, 0) is 11.2 Å². The molecule has 17 heavy (non-hydrogen) atoms. The third-order valence-electron chi connectivity index (χ3n) is 3.40. The van der Waals surface area contributed by atoms with Gasteiger partial charge < -0.3 is 10.6 Å². The highest BCUT2D eigenvalue weighted by atomic mass is 32.1. The first-order valence-electron chi connectivity index (χ1n) is 6.24. The Morgan fingerprint density at radius 2 is 2.47 bits per heavy atom. The molecule has 1 saturated heterocycles. The molecule has 0 unspecified atom stereocenters. The number of carbonyl (C=O) groups is 1. The molecule has 0 saturated carbocycles. The molecule has 1 aliphatic heterocycles. The molecule has 2 atom stereocenters. The molecular weight excluding hydrogens is 232 g/mol. The molecule has 1 amide bonds. The van der Waals surface area contributed by atoms with Gasteiger partial charge in [-0.3, -0.25) is 4.79 Å². The summed E-state index contributed by atoms with van der Waals surface area (Å²) in [5, 5.41) is 2.06. The van der Waals surface area contributed by atoms with Gasteiger partial charge in [-0.15, -0.1) is 11.3 Å². The zero-order valence-electron chi connectivity index (χ0n) is 10.3. The Morgan fingerprint density at radius 1 is 1.65 bits per heavy atom. The van der Waals surface area contributed by atoms with Crippen LogP contribution in [-0.4, -0.2) is 29.4 Å². The number of nitrogens with two attached hydrogens (primary N) is 1. The molecule has 1 aromatic heterocycles. The number of rotatable bonds is 3. The van der Waals surface area contributed by atoms with Gasteiger partial charge in [-0.05, 0) is 37.6 Å². The van der Waals surface area contributed by atoms with E-state index in [2.05, 4.69) is 18.4 Å². The molecule has 0 aromatic carbocycles. The van der Waals surface area contributed by atoms with Crippen LogP contribution < -0.4 is 5.73 Å². The van der Waals surface area contributed by atoms with Crippen molar-refractivity contribution in [2.45, 2.75) is 44.7 Å². The Hall–Kier alpha value is -0.870. The van der Waals surface area contributed by atoms with Gasteiger partial charge in [0.15, 0.2) is 0 Å². The molecule has 0 radical (unpaired) electrons. The highest BCUT2D eigenvalue weighted by molar-refractivity contribution is 7.09. The summed E-state index contributed by atoms with van der Waals surface area (Å²) in [4.78, 5) is 15.4. The van der Waals surface area contributed by atoms with Gasteiger partial charge in [-0.1, -0.05) is 6.07 Å². The summed E-state index contributed by atoms with van der Waals surface area (Å²) in [5.74, 6) is 0.276. The number of piperidine rings is 1. The van der Waals surface area contributed by atoms with Crippen LogP contribution in [0.2, 0.25) is 0 Å². The number of hydrogen-bond donors (Lipinski definition) is 1. The van der Waals surface area contributed by atoms with Gasteiger partial charge in [0.05, 0.1) is 0 Å². The Labute approximate surface area is 107 Å². The molecular formula is C13H20N2OS. The van der Waals surface area contributed by atoms with Crippen molar-refractivity contribution in [1.29, 1.82) is 0 Å². The number of carbonyl (C=O) groups excluding carboxylic acids is 1. The Morgan fingerprint density at radius 3 is 3.12 bits per heavy atom. The van der Waals surface area contributed by atoms with Crippen molar-refractivity contribution in [3.05, 3.63) is 22.4 Å². The number of nitrogens with zero attached hydrogens (tertiary/aromatic N) is 1. The maximum absolute atomic E-state index is 12.1.